The summed E-state index contributed by atoms with van der Waals surface area (Å²) < 4.78 is 0. The van der Waals surface area contributed by atoms with Crippen LogP contribution in [0.5, 0.6) is 0 Å². The quantitative estimate of drug-likeness (QED) is 0.458. The lowest BCUT2D eigenvalue weighted by molar-refractivity contribution is 0.644. The van der Waals surface area contributed by atoms with Crippen molar-refractivity contribution in [2.24, 2.45) is 4.99 Å². The van der Waals surface area contributed by atoms with Crippen molar-refractivity contribution in [3.05, 3.63) is 47.0 Å². The summed E-state index contributed by atoms with van der Waals surface area (Å²) in [5.74, 6) is 1.33. The van der Waals surface area contributed by atoms with Crippen LogP contribution in [0, 0.1) is 0 Å². The van der Waals surface area contributed by atoms with E-state index in [1.54, 1.807) is 7.05 Å². The molecule has 0 saturated carbocycles. The van der Waals surface area contributed by atoms with Gasteiger partial charge in [0, 0.05) is 24.5 Å². The highest BCUT2D eigenvalue weighted by atomic mass is 127. The molecule has 1 aliphatic rings. The first kappa shape index (κ1) is 17.3. The van der Waals surface area contributed by atoms with Crippen LogP contribution in [0.3, 0.4) is 0 Å². The fraction of sp³-hybridized carbons (Fsp3) is 0.400. The van der Waals surface area contributed by atoms with Crippen molar-refractivity contribution in [2.75, 3.05) is 20.1 Å². The average molecular weight is 406 g/mol. The molecule has 1 atom stereocenters. The van der Waals surface area contributed by atoms with E-state index in [0.29, 0.717) is 17.5 Å². The third kappa shape index (κ3) is 4.66. The minimum atomic E-state index is 0. The molecule has 1 unspecified atom stereocenters. The SMILES string of the molecule is C=C(Cl)CNC(=NC)NCC1CCc2ccccc21.I. The Bertz CT molecular complexity index is 488. The van der Waals surface area contributed by atoms with Gasteiger partial charge in [0.05, 0.1) is 6.54 Å². The molecule has 0 saturated heterocycles. The minimum Gasteiger partial charge on any atom is -0.356 e. The Hall–Kier alpha value is -0.750. The van der Waals surface area contributed by atoms with Crippen LogP contribution in [0.4, 0.5) is 0 Å². The lowest BCUT2D eigenvalue weighted by atomic mass is 10.0. The van der Waals surface area contributed by atoms with Gasteiger partial charge in [-0.1, -0.05) is 42.4 Å². The van der Waals surface area contributed by atoms with E-state index in [0.717, 1.165) is 12.5 Å². The zero-order valence-electron chi connectivity index (χ0n) is 11.7. The first-order chi connectivity index (χ1) is 9.20. The smallest absolute Gasteiger partial charge is 0.191 e. The summed E-state index contributed by atoms with van der Waals surface area (Å²) in [4.78, 5) is 4.17. The number of aliphatic imine (C=N–C) groups is 1. The van der Waals surface area contributed by atoms with Crippen LogP contribution in [0.15, 0.2) is 40.9 Å². The predicted molar refractivity (Wildman–Crippen MR) is 97.3 cm³/mol. The average Bonchev–Trinajstić information content (AvgIpc) is 2.82. The minimum absolute atomic E-state index is 0. The van der Waals surface area contributed by atoms with E-state index < -0.39 is 0 Å². The molecule has 0 spiro atoms. The first-order valence-electron chi connectivity index (χ1n) is 6.56. The summed E-state index contributed by atoms with van der Waals surface area (Å²) in [5.41, 5.74) is 2.94. The molecule has 0 radical (unpaired) electrons. The number of benzene rings is 1. The predicted octanol–water partition coefficient (Wildman–Crippen LogP) is 3.25. The lowest BCUT2D eigenvalue weighted by Crippen LogP contribution is -2.39. The third-order valence-corrected chi connectivity index (χ3v) is 3.58. The molecular formula is C15H21ClIN3. The van der Waals surface area contributed by atoms with Crippen molar-refractivity contribution in [3.63, 3.8) is 0 Å². The van der Waals surface area contributed by atoms with E-state index in [2.05, 4.69) is 46.5 Å². The van der Waals surface area contributed by atoms with E-state index >= 15 is 0 Å². The second kappa shape index (κ2) is 8.52. The number of hydrogen-bond acceptors (Lipinski definition) is 1. The maximum atomic E-state index is 5.73. The van der Waals surface area contributed by atoms with E-state index in [1.165, 1.54) is 24.0 Å². The molecule has 1 aromatic carbocycles. The maximum absolute atomic E-state index is 5.73. The first-order valence-corrected chi connectivity index (χ1v) is 6.94. The Kier molecular flexibility index (Phi) is 7.37. The van der Waals surface area contributed by atoms with Crippen molar-refractivity contribution >= 4 is 41.5 Å². The van der Waals surface area contributed by atoms with E-state index in [9.17, 15) is 0 Å². The highest BCUT2D eigenvalue weighted by molar-refractivity contribution is 14.0. The van der Waals surface area contributed by atoms with Crippen molar-refractivity contribution in [2.45, 2.75) is 18.8 Å². The van der Waals surface area contributed by atoms with Crippen molar-refractivity contribution in [3.8, 4) is 0 Å². The van der Waals surface area contributed by atoms with Gasteiger partial charge in [0.25, 0.3) is 0 Å². The van der Waals surface area contributed by atoms with Gasteiger partial charge in [-0.25, -0.2) is 0 Å². The molecule has 0 aliphatic heterocycles. The number of aryl methyl sites for hydroxylation is 1. The highest BCUT2D eigenvalue weighted by Crippen LogP contribution is 2.31. The van der Waals surface area contributed by atoms with E-state index in [1.807, 2.05) is 0 Å². The highest BCUT2D eigenvalue weighted by Gasteiger charge is 2.21. The Labute approximate surface area is 142 Å². The van der Waals surface area contributed by atoms with Crippen LogP contribution in [0.2, 0.25) is 0 Å². The standard InChI is InChI=1S/C15H20ClN3.HI/c1-11(16)9-18-15(17-2)19-10-13-8-7-12-5-3-4-6-14(12)13;/h3-6,13H,1,7-10H2,2H3,(H2,17,18,19);1H. The molecule has 0 amide bonds. The molecule has 110 valence electrons. The van der Waals surface area contributed by atoms with Crippen LogP contribution < -0.4 is 10.6 Å². The van der Waals surface area contributed by atoms with Crippen molar-refractivity contribution in [1.82, 2.24) is 10.6 Å². The molecule has 0 aromatic heterocycles. The summed E-state index contributed by atoms with van der Waals surface area (Å²) in [6.45, 7) is 5.07. The Morgan fingerprint density at radius 1 is 1.40 bits per heavy atom. The van der Waals surface area contributed by atoms with Crippen LogP contribution in [-0.4, -0.2) is 26.1 Å². The second-order valence-electron chi connectivity index (χ2n) is 4.76. The number of halogens is 2. The monoisotopic (exact) mass is 405 g/mol. The normalized spacial score (nSPS) is 17.1. The van der Waals surface area contributed by atoms with Crippen molar-refractivity contribution < 1.29 is 0 Å². The Morgan fingerprint density at radius 2 is 2.15 bits per heavy atom. The Balaban J connectivity index is 0.00000200. The zero-order valence-corrected chi connectivity index (χ0v) is 14.7. The fourth-order valence-corrected chi connectivity index (χ4v) is 2.54. The van der Waals surface area contributed by atoms with E-state index in [4.69, 9.17) is 11.6 Å². The number of nitrogens with one attached hydrogen (secondary N) is 2. The van der Waals surface area contributed by atoms with E-state index in [-0.39, 0.29) is 24.0 Å². The zero-order chi connectivity index (χ0) is 13.7. The summed E-state index contributed by atoms with van der Waals surface area (Å²) in [7, 11) is 1.76. The second-order valence-corrected chi connectivity index (χ2v) is 5.29. The van der Waals surface area contributed by atoms with Gasteiger partial charge in [0.2, 0.25) is 0 Å². The van der Waals surface area contributed by atoms with Gasteiger partial charge in [-0.15, -0.1) is 24.0 Å². The topological polar surface area (TPSA) is 36.4 Å². The molecule has 0 fully saturated rings. The summed E-state index contributed by atoms with van der Waals surface area (Å²) in [6, 6.07) is 8.67. The van der Waals surface area contributed by atoms with Gasteiger partial charge in [-0.2, -0.15) is 0 Å². The number of rotatable bonds is 4. The summed E-state index contributed by atoms with van der Waals surface area (Å²) >= 11 is 5.73. The molecule has 5 heteroatoms. The number of nitrogens with zero attached hydrogens (tertiary/aromatic N) is 1. The van der Waals surface area contributed by atoms with Gasteiger partial charge in [0.1, 0.15) is 0 Å². The third-order valence-electron chi connectivity index (χ3n) is 3.44. The number of guanidine groups is 1. The van der Waals surface area contributed by atoms with Gasteiger partial charge in [0.15, 0.2) is 5.96 Å². The number of fused-ring (bicyclic) bond motifs is 1. The molecule has 20 heavy (non-hydrogen) atoms. The van der Waals surface area contributed by atoms with Gasteiger partial charge in [-0.05, 0) is 24.0 Å². The molecular weight excluding hydrogens is 385 g/mol. The fourth-order valence-electron chi connectivity index (χ4n) is 2.48. The van der Waals surface area contributed by atoms with Crippen LogP contribution >= 0.6 is 35.6 Å². The largest absolute Gasteiger partial charge is 0.356 e. The molecule has 1 aliphatic carbocycles. The molecule has 2 rings (SSSR count). The number of hydrogen-bond donors (Lipinski definition) is 2. The summed E-state index contributed by atoms with van der Waals surface area (Å²) in [5, 5.41) is 7.05. The maximum Gasteiger partial charge on any atom is 0.191 e. The van der Waals surface area contributed by atoms with Gasteiger partial charge >= 0.3 is 0 Å². The molecule has 2 N–H and O–H groups in total. The van der Waals surface area contributed by atoms with Crippen molar-refractivity contribution in [1.29, 1.82) is 0 Å². The molecule has 3 nitrogen and oxygen atoms in total. The van der Waals surface area contributed by atoms with Crippen LogP contribution in [0.25, 0.3) is 0 Å². The molecule has 0 bridgehead atoms. The van der Waals surface area contributed by atoms with Crippen LogP contribution in [0.1, 0.15) is 23.5 Å². The van der Waals surface area contributed by atoms with Gasteiger partial charge in [-0.3, -0.25) is 4.99 Å². The van der Waals surface area contributed by atoms with Gasteiger partial charge < -0.3 is 10.6 Å². The molecule has 1 aromatic rings. The van der Waals surface area contributed by atoms with Crippen LogP contribution in [-0.2, 0) is 6.42 Å². The lowest BCUT2D eigenvalue weighted by Gasteiger charge is -2.16. The molecule has 0 heterocycles. The Morgan fingerprint density at radius 3 is 2.85 bits per heavy atom. The summed E-state index contributed by atoms with van der Waals surface area (Å²) in [6.07, 6.45) is 2.37.